The van der Waals surface area contributed by atoms with Gasteiger partial charge < -0.3 is 20.7 Å². The number of aromatic nitrogens is 2. The third-order valence-corrected chi connectivity index (χ3v) is 10.5. The lowest BCUT2D eigenvalue weighted by Gasteiger charge is -2.35. The number of piperazine rings is 1. The highest BCUT2D eigenvalue weighted by molar-refractivity contribution is 7.23. The molecule has 3 aliphatic heterocycles. The summed E-state index contributed by atoms with van der Waals surface area (Å²) >= 11 is 7.77. The van der Waals surface area contributed by atoms with Crippen LogP contribution in [0.25, 0.3) is 32.1 Å². The molecule has 3 fully saturated rings. The number of ether oxygens (including phenoxy) is 1. The van der Waals surface area contributed by atoms with Crippen molar-refractivity contribution in [2.24, 2.45) is 0 Å². The van der Waals surface area contributed by atoms with Crippen molar-refractivity contribution in [1.82, 2.24) is 20.2 Å². The van der Waals surface area contributed by atoms with Crippen LogP contribution in [0.2, 0.25) is 5.02 Å². The second-order valence-electron chi connectivity index (χ2n) is 11.9. The number of anilines is 2. The molecule has 3 saturated heterocycles. The summed E-state index contributed by atoms with van der Waals surface area (Å²) in [5.74, 6) is -0.648. The molecule has 0 radical (unpaired) electrons. The van der Waals surface area contributed by atoms with Crippen molar-refractivity contribution in [3.63, 3.8) is 0 Å². The van der Waals surface area contributed by atoms with E-state index in [2.05, 4.69) is 34.1 Å². The summed E-state index contributed by atoms with van der Waals surface area (Å²) < 4.78 is 38.0. The molecule has 2 bridgehead atoms. The molecule has 0 spiro atoms. The molecule has 2 aromatic carbocycles. The summed E-state index contributed by atoms with van der Waals surface area (Å²) in [5, 5.41) is 14.4. The molecule has 3 aliphatic rings. The van der Waals surface area contributed by atoms with Gasteiger partial charge in [0.2, 0.25) is 0 Å². The topological polar surface area (TPSA) is 103 Å². The number of nitriles is 1. The van der Waals surface area contributed by atoms with Crippen molar-refractivity contribution in [2.75, 3.05) is 43.9 Å². The molecule has 3 atom stereocenters. The number of rotatable bonds is 5. The number of likely N-dealkylation sites (tertiary alicyclic amines) is 1. The number of thiophene rings is 1. The molecule has 4 aromatic rings. The zero-order valence-corrected chi connectivity index (χ0v) is 24.9. The Kier molecular flexibility index (Phi) is 6.66. The minimum Gasteiger partial charge on any atom is -0.461 e. The Morgan fingerprint density at radius 1 is 1.26 bits per heavy atom. The van der Waals surface area contributed by atoms with Gasteiger partial charge >= 0.3 is 6.01 Å². The predicted octanol–water partition coefficient (Wildman–Crippen LogP) is 5.70. The van der Waals surface area contributed by atoms with E-state index in [4.69, 9.17) is 27.1 Å². The largest absolute Gasteiger partial charge is 0.461 e. The maximum Gasteiger partial charge on any atom is 0.319 e. The molecule has 7 rings (SSSR count). The molecule has 42 heavy (non-hydrogen) atoms. The fourth-order valence-corrected chi connectivity index (χ4v) is 7.99. The number of fused-ring (bicyclic) bond motifs is 4. The van der Waals surface area contributed by atoms with E-state index in [0.29, 0.717) is 29.9 Å². The summed E-state index contributed by atoms with van der Waals surface area (Å²) in [6.07, 6.45) is 4.20. The van der Waals surface area contributed by atoms with Crippen LogP contribution < -0.4 is 20.7 Å². The lowest BCUT2D eigenvalue weighted by atomic mass is 9.97. The number of nitrogens with zero attached hydrogens (tertiary/aromatic N) is 5. The fourth-order valence-electron chi connectivity index (χ4n) is 6.75. The molecular weight excluding hydrogens is 580 g/mol. The first-order valence-corrected chi connectivity index (χ1v) is 15.3. The maximum absolute atomic E-state index is 16.8. The normalized spacial score (nSPS) is 24.1. The molecule has 5 heterocycles. The van der Waals surface area contributed by atoms with Gasteiger partial charge in [0.15, 0.2) is 5.82 Å². The Hall–Kier alpha value is -3.30. The quantitative estimate of drug-likeness (QED) is 0.297. The predicted molar refractivity (Wildman–Crippen MR) is 162 cm³/mol. The zero-order chi connectivity index (χ0) is 29.3. The van der Waals surface area contributed by atoms with E-state index in [9.17, 15) is 9.65 Å². The van der Waals surface area contributed by atoms with Crippen molar-refractivity contribution in [1.29, 1.82) is 5.26 Å². The smallest absolute Gasteiger partial charge is 0.319 e. The van der Waals surface area contributed by atoms with Gasteiger partial charge in [0.1, 0.15) is 34.8 Å². The van der Waals surface area contributed by atoms with Crippen LogP contribution in [0, 0.1) is 23.0 Å². The van der Waals surface area contributed by atoms with Crippen molar-refractivity contribution >= 4 is 54.7 Å². The van der Waals surface area contributed by atoms with E-state index in [1.54, 1.807) is 6.07 Å². The van der Waals surface area contributed by atoms with Crippen LogP contribution in [0.3, 0.4) is 0 Å². The number of benzene rings is 2. The molecule has 2 unspecified atom stereocenters. The van der Waals surface area contributed by atoms with Crippen LogP contribution in [0.4, 0.5) is 19.6 Å². The van der Waals surface area contributed by atoms with E-state index in [-0.39, 0.29) is 53.9 Å². The van der Waals surface area contributed by atoms with Crippen molar-refractivity contribution in [3.8, 4) is 23.2 Å². The van der Waals surface area contributed by atoms with E-state index in [1.165, 1.54) is 12.1 Å². The fraction of sp³-hybridized carbons (Fsp3) is 0.433. The van der Waals surface area contributed by atoms with Crippen molar-refractivity contribution in [2.45, 2.75) is 50.2 Å². The van der Waals surface area contributed by atoms with E-state index >= 15 is 4.39 Å². The third kappa shape index (κ3) is 4.35. The Morgan fingerprint density at radius 3 is 2.71 bits per heavy atom. The highest BCUT2D eigenvalue weighted by Crippen LogP contribution is 2.46. The number of likely N-dealkylation sites (N-methyl/N-ethyl adjacent to an activating group) is 1. The summed E-state index contributed by atoms with van der Waals surface area (Å²) in [5.41, 5.74) is 6.34. The van der Waals surface area contributed by atoms with Crippen LogP contribution in [-0.4, -0.2) is 65.8 Å². The molecule has 3 N–H and O–H groups in total. The summed E-state index contributed by atoms with van der Waals surface area (Å²) in [6.45, 7) is 4.94. The monoisotopic (exact) mass is 609 g/mol. The number of hydrogen-bond acceptors (Lipinski definition) is 9. The SMILES string of the molecule is CN1CCC[C@@]1(C)COc1nc(N2CC3CCC(C2)N3)c2cc(Cl)c(-c3ccc(F)c4sc(N)c(C#N)c34)c(F)c2n1. The van der Waals surface area contributed by atoms with Gasteiger partial charge in [0.05, 0.1) is 20.8 Å². The number of nitrogens with two attached hydrogens (primary N) is 1. The van der Waals surface area contributed by atoms with Crippen LogP contribution in [0.5, 0.6) is 6.01 Å². The Bertz CT molecular complexity index is 1780. The Labute approximate surface area is 251 Å². The van der Waals surface area contributed by atoms with Gasteiger partial charge in [0.25, 0.3) is 0 Å². The minimum absolute atomic E-state index is 0.0296. The summed E-state index contributed by atoms with van der Waals surface area (Å²) in [6, 6.07) is 7.14. The van der Waals surface area contributed by atoms with Gasteiger partial charge in [-0.2, -0.15) is 15.2 Å². The lowest BCUT2D eigenvalue weighted by molar-refractivity contribution is 0.108. The second kappa shape index (κ2) is 10.2. The second-order valence-corrected chi connectivity index (χ2v) is 13.3. The number of hydrogen-bond donors (Lipinski definition) is 2. The van der Waals surface area contributed by atoms with Crippen LogP contribution in [0.15, 0.2) is 18.2 Å². The third-order valence-electron chi connectivity index (χ3n) is 9.20. The lowest BCUT2D eigenvalue weighted by Crippen LogP contribution is -2.51. The maximum atomic E-state index is 16.8. The molecule has 2 aromatic heterocycles. The molecule has 8 nitrogen and oxygen atoms in total. The van der Waals surface area contributed by atoms with Crippen LogP contribution >= 0.6 is 22.9 Å². The molecule has 0 aliphatic carbocycles. The van der Waals surface area contributed by atoms with Gasteiger partial charge in [-0.05, 0) is 63.9 Å². The van der Waals surface area contributed by atoms with Gasteiger partial charge in [0, 0.05) is 41.5 Å². The minimum atomic E-state index is -0.685. The van der Waals surface area contributed by atoms with E-state index in [1.807, 2.05) is 6.07 Å². The highest BCUT2D eigenvalue weighted by Gasteiger charge is 2.37. The van der Waals surface area contributed by atoms with Gasteiger partial charge in [-0.25, -0.2) is 8.78 Å². The Balaban J connectivity index is 1.41. The number of nitrogens with one attached hydrogen (secondary N) is 1. The number of halogens is 3. The van der Waals surface area contributed by atoms with Gasteiger partial charge in [-0.1, -0.05) is 17.7 Å². The van der Waals surface area contributed by atoms with Crippen molar-refractivity contribution < 1.29 is 13.5 Å². The number of nitrogen functional groups attached to an aromatic ring is 1. The average molecular weight is 610 g/mol. The highest BCUT2D eigenvalue weighted by atomic mass is 35.5. The first-order chi connectivity index (χ1) is 20.2. The standard InChI is InChI=1S/C30H30ClF2N7OS/c1-30(8-3-9-39(30)2)14-41-29-37-25-18(28(38-29)40-12-15-4-5-16(13-40)36-15)10-20(31)23(24(25)33)17-6-7-21(32)26-22(17)19(11-34)27(35)42-26/h6-7,10,15-16,36H,3-5,8-9,12-14,35H2,1-2H3/t15?,16?,30-/m0/s1. The summed E-state index contributed by atoms with van der Waals surface area (Å²) in [4.78, 5) is 13.8. The molecule has 218 valence electrons. The van der Waals surface area contributed by atoms with E-state index < -0.39 is 11.6 Å². The van der Waals surface area contributed by atoms with Gasteiger partial charge in [-0.15, -0.1) is 11.3 Å². The van der Waals surface area contributed by atoms with Crippen molar-refractivity contribution in [3.05, 3.63) is 40.4 Å². The molecule has 0 amide bonds. The Morgan fingerprint density at radius 2 is 2.02 bits per heavy atom. The molecular formula is C30H30ClF2N7OS. The zero-order valence-electron chi connectivity index (χ0n) is 23.3. The molecule has 12 heteroatoms. The first kappa shape index (κ1) is 27.5. The van der Waals surface area contributed by atoms with E-state index in [0.717, 1.165) is 56.7 Å². The summed E-state index contributed by atoms with van der Waals surface area (Å²) in [7, 11) is 2.07. The first-order valence-electron chi connectivity index (χ1n) is 14.1. The average Bonchev–Trinajstić information content (AvgIpc) is 3.61. The molecule has 0 saturated carbocycles. The van der Waals surface area contributed by atoms with Gasteiger partial charge in [-0.3, -0.25) is 4.90 Å². The van der Waals surface area contributed by atoms with Crippen LogP contribution in [0.1, 0.15) is 38.2 Å². The van der Waals surface area contributed by atoms with Crippen LogP contribution in [-0.2, 0) is 0 Å².